The van der Waals surface area contributed by atoms with Crippen molar-refractivity contribution in [2.24, 2.45) is 10.2 Å². The van der Waals surface area contributed by atoms with Gasteiger partial charge in [0.25, 0.3) is 0 Å². The van der Waals surface area contributed by atoms with Crippen LogP contribution in [0.4, 0.5) is 5.69 Å². The summed E-state index contributed by atoms with van der Waals surface area (Å²) in [4.78, 5) is 6.03. The number of pyridine rings is 1. The Balaban J connectivity index is 1.81. The van der Waals surface area contributed by atoms with Crippen LogP contribution in [0.3, 0.4) is 0 Å². The first-order valence-electron chi connectivity index (χ1n) is 10.6. The van der Waals surface area contributed by atoms with Crippen molar-refractivity contribution in [2.75, 3.05) is 33.0 Å². The maximum absolute atomic E-state index is 8.57. The van der Waals surface area contributed by atoms with Crippen molar-refractivity contribution >= 4 is 22.9 Å². The molecule has 0 saturated carbocycles. The SMILES string of the molecule is CNCC[C@H](Oc1cccc(N/C(C)=C2\C(=N)C(N(C)C)=NN=C2C)c1)c1cccnc1. The lowest BCUT2D eigenvalue weighted by Gasteiger charge is -2.23. The zero-order valence-electron chi connectivity index (χ0n) is 19.3. The zero-order valence-corrected chi connectivity index (χ0v) is 19.3. The molecule has 0 unspecified atom stereocenters. The normalized spacial score (nSPS) is 16.1. The molecular weight excluding hydrogens is 402 g/mol. The van der Waals surface area contributed by atoms with Gasteiger partial charge in [-0.25, -0.2) is 0 Å². The van der Waals surface area contributed by atoms with Gasteiger partial charge in [-0.1, -0.05) is 12.1 Å². The molecule has 1 aromatic carbocycles. The number of allylic oxidation sites excluding steroid dienone is 1. The maximum atomic E-state index is 8.57. The number of hydrogen-bond donors (Lipinski definition) is 3. The lowest BCUT2D eigenvalue weighted by atomic mass is 10.0. The number of aromatic nitrogens is 1. The van der Waals surface area contributed by atoms with Crippen LogP contribution in [0.5, 0.6) is 5.75 Å². The minimum atomic E-state index is -0.106. The molecule has 0 bridgehead atoms. The summed E-state index contributed by atoms with van der Waals surface area (Å²) >= 11 is 0. The molecule has 0 aliphatic carbocycles. The van der Waals surface area contributed by atoms with Crippen LogP contribution in [-0.2, 0) is 0 Å². The number of amidine groups is 1. The number of rotatable bonds is 8. The van der Waals surface area contributed by atoms with Gasteiger partial charge in [-0.05, 0) is 45.6 Å². The third kappa shape index (κ3) is 5.59. The van der Waals surface area contributed by atoms with Crippen molar-refractivity contribution in [3.8, 4) is 5.75 Å². The second-order valence-electron chi connectivity index (χ2n) is 7.82. The summed E-state index contributed by atoms with van der Waals surface area (Å²) in [6.45, 7) is 4.64. The standard InChI is InChI=1S/C24H31N7O/c1-16(22-17(2)29-30-24(23(22)25)31(4)5)28-19-9-6-10-20(14-19)32-21(11-13-26-3)18-8-7-12-27-15-18/h6-10,12,14-15,21,25-26,28H,11,13H2,1-5H3/b22-16-,25-23?/t21-/m0/s1. The van der Waals surface area contributed by atoms with E-state index >= 15 is 0 Å². The number of nitrogens with zero attached hydrogens (tertiary/aromatic N) is 4. The Morgan fingerprint density at radius 3 is 2.69 bits per heavy atom. The molecule has 0 radical (unpaired) electrons. The summed E-state index contributed by atoms with van der Waals surface area (Å²) in [5, 5.41) is 23.5. The Bertz CT molecular complexity index is 1040. The van der Waals surface area contributed by atoms with E-state index in [1.807, 2.05) is 77.6 Å². The van der Waals surface area contributed by atoms with Gasteiger partial charge in [-0.2, -0.15) is 5.10 Å². The molecule has 2 aromatic rings. The van der Waals surface area contributed by atoms with Crippen LogP contribution in [-0.4, -0.2) is 54.8 Å². The smallest absolute Gasteiger partial charge is 0.176 e. The highest BCUT2D eigenvalue weighted by Gasteiger charge is 2.23. The van der Waals surface area contributed by atoms with E-state index in [9.17, 15) is 0 Å². The quantitative estimate of drug-likeness (QED) is 0.587. The maximum Gasteiger partial charge on any atom is 0.176 e. The van der Waals surface area contributed by atoms with Crippen LogP contribution in [0, 0.1) is 5.41 Å². The van der Waals surface area contributed by atoms with Crippen LogP contribution >= 0.6 is 0 Å². The van der Waals surface area contributed by atoms with Gasteiger partial charge in [0.1, 0.15) is 17.6 Å². The molecule has 32 heavy (non-hydrogen) atoms. The summed E-state index contributed by atoms with van der Waals surface area (Å²) in [5.41, 5.74) is 4.56. The number of hydrogen-bond acceptors (Lipinski definition) is 8. The lowest BCUT2D eigenvalue weighted by Crippen LogP contribution is -2.35. The molecule has 1 aromatic heterocycles. The molecule has 1 aliphatic heterocycles. The fourth-order valence-corrected chi connectivity index (χ4v) is 3.51. The van der Waals surface area contributed by atoms with Crippen molar-refractivity contribution in [3.63, 3.8) is 0 Å². The van der Waals surface area contributed by atoms with Gasteiger partial charge in [-0.3, -0.25) is 10.4 Å². The summed E-state index contributed by atoms with van der Waals surface area (Å²) in [5.74, 6) is 1.30. The fourth-order valence-electron chi connectivity index (χ4n) is 3.51. The number of nitrogens with one attached hydrogen (secondary N) is 3. The topological polar surface area (TPSA) is 98.0 Å². The number of benzene rings is 1. The van der Waals surface area contributed by atoms with E-state index in [0.717, 1.165) is 41.2 Å². The van der Waals surface area contributed by atoms with E-state index in [1.54, 1.807) is 11.1 Å². The predicted octanol–water partition coefficient (Wildman–Crippen LogP) is 3.87. The molecular formula is C24H31N7O. The van der Waals surface area contributed by atoms with Crippen LogP contribution in [0.25, 0.3) is 0 Å². The molecule has 8 nitrogen and oxygen atoms in total. The first kappa shape index (κ1) is 23.1. The Kier molecular flexibility index (Phi) is 7.72. The minimum Gasteiger partial charge on any atom is -0.486 e. The third-order valence-electron chi connectivity index (χ3n) is 5.09. The Hall–Kier alpha value is -3.52. The summed E-state index contributed by atoms with van der Waals surface area (Å²) in [6.07, 6.45) is 4.32. The Labute approximate surface area is 189 Å². The first-order chi connectivity index (χ1) is 15.4. The van der Waals surface area contributed by atoms with Gasteiger partial charge in [0, 0.05) is 61.5 Å². The molecule has 1 aliphatic rings. The number of ether oxygens (including phenoxy) is 1. The highest BCUT2D eigenvalue weighted by atomic mass is 16.5. The third-order valence-corrected chi connectivity index (χ3v) is 5.09. The molecule has 168 valence electrons. The van der Waals surface area contributed by atoms with Crippen LogP contribution in [0.2, 0.25) is 0 Å². The molecule has 1 atom stereocenters. The Morgan fingerprint density at radius 1 is 1.19 bits per heavy atom. The largest absolute Gasteiger partial charge is 0.486 e. The van der Waals surface area contributed by atoms with Crippen molar-refractivity contribution in [3.05, 3.63) is 65.6 Å². The van der Waals surface area contributed by atoms with E-state index in [0.29, 0.717) is 17.3 Å². The summed E-state index contributed by atoms with van der Waals surface area (Å²) < 4.78 is 6.33. The van der Waals surface area contributed by atoms with Gasteiger partial charge < -0.3 is 20.3 Å². The molecule has 0 amide bonds. The lowest BCUT2D eigenvalue weighted by molar-refractivity contribution is 0.194. The van der Waals surface area contributed by atoms with Gasteiger partial charge in [0.05, 0.1) is 5.71 Å². The molecule has 0 saturated heterocycles. The van der Waals surface area contributed by atoms with Crippen LogP contribution in [0.1, 0.15) is 31.9 Å². The van der Waals surface area contributed by atoms with E-state index in [4.69, 9.17) is 10.1 Å². The van der Waals surface area contributed by atoms with Crippen LogP contribution in [0.15, 0.2) is 70.3 Å². The first-order valence-corrected chi connectivity index (χ1v) is 10.6. The number of anilines is 1. The van der Waals surface area contributed by atoms with Gasteiger partial charge in [0.2, 0.25) is 0 Å². The predicted molar refractivity (Wildman–Crippen MR) is 131 cm³/mol. The Morgan fingerprint density at radius 2 is 2.00 bits per heavy atom. The molecule has 8 heteroatoms. The average Bonchev–Trinajstić information content (AvgIpc) is 2.77. The highest BCUT2D eigenvalue weighted by molar-refractivity contribution is 6.53. The van der Waals surface area contributed by atoms with Crippen molar-refractivity contribution in [1.82, 2.24) is 15.2 Å². The minimum absolute atomic E-state index is 0.106. The molecule has 0 fully saturated rings. The van der Waals surface area contributed by atoms with E-state index in [2.05, 4.69) is 25.8 Å². The van der Waals surface area contributed by atoms with E-state index in [1.165, 1.54) is 0 Å². The highest BCUT2D eigenvalue weighted by Crippen LogP contribution is 2.27. The molecule has 3 N–H and O–H groups in total. The van der Waals surface area contributed by atoms with Crippen LogP contribution < -0.4 is 15.4 Å². The van der Waals surface area contributed by atoms with E-state index in [-0.39, 0.29) is 6.10 Å². The molecule has 0 spiro atoms. The zero-order chi connectivity index (χ0) is 23.1. The average molecular weight is 434 g/mol. The fraction of sp³-hybridized carbons (Fsp3) is 0.333. The van der Waals surface area contributed by atoms with E-state index < -0.39 is 0 Å². The van der Waals surface area contributed by atoms with Crippen molar-refractivity contribution in [2.45, 2.75) is 26.4 Å². The van der Waals surface area contributed by atoms with Crippen molar-refractivity contribution in [1.29, 1.82) is 5.41 Å². The van der Waals surface area contributed by atoms with Gasteiger partial charge in [0.15, 0.2) is 5.84 Å². The monoisotopic (exact) mass is 433 g/mol. The summed E-state index contributed by atoms with van der Waals surface area (Å²) in [7, 11) is 5.65. The second-order valence-corrected chi connectivity index (χ2v) is 7.82. The van der Waals surface area contributed by atoms with Crippen molar-refractivity contribution < 1.29 is 4.74 Å². The molecule has 2 heterocycles. The summed E-state index contributed by atoms with van der Waals surface area (Å²) in [6, 6.07) is 11.8. The van der Waals surface area contributed by atoms with Gasteiger partial charge in [-0.15, -0.1) is 5.10 Å². The molecule has 3 rings (SSSR count). The second kappa shape index (κ2) is 10.7. The van der Waals surface area contributed by atoms with Gasteiger partial charge >= 0.3 is 0 Å².